The topological polar surface area (TPSA) is 124 Å². The standard InChI is InChI=1S/C28H24FNO4.C21H21FO4/c1-2-32-28(31)23-15-22(23)18-5-9-20(10-6-18)34-26-13-11-21-25(14-12-24(29)27(21)26)33-19-7-3-17(16-30)4-8-19;1-2-25-21(24)16-11-15(16)12-3-5-13(6-4-12)26-19-10-7-14-18(23)9-8-17(22)20(14)19/h3-10,12,14,22-23,26H,2,11,13,15H2,1H3;3-6,8-9,15-16,19,23H,2,7,10-11H2,1H3/t22-,23+,26-;15-,16+,19-/m11/s1. The predicted molar refractivity (Wildman–Crippen MR) is 217 cm³/mol. The fourth-order valence-corrected chi connectivity index (χ4v) is 8.41. The summed E-state index contributed by atoms with van der Waals surface area (Å²) < 4.78 is 57.3. The summed E-state index contributed by atoms with van der Waals surface area (Å²) in [7, 11) is 0. The molecule has 0 bridgehead atoms. The maximum absolute atomic E-state index is 14.8. The zero-order valence-electron chi connectivity index (χ0n) is 33.4. The summed E-state index contributed by atoms with van der Waals surface area (Å²) in [4.78, 5) is 23.7. The van der Waals surface area contributed by atoms with Gasteiger partial charge in [-0.05, 0) is 148 Å². The van der Waals surface area contributed by atoms with Gasteiger partial charge >= 0.3 is 11.9 Å². The van der Waals surface area contributed by atoms with E-state index in [0.29, 0.717) is 84.1 Å². The maximum atomic E-state index is 14.8. The van der Waals surface area contributed by atoms with Gasteiger partial charge < -0.3 is 28.8 Å². The number of hydrogen-bond donors (Lipinski definition) is 1. The van der Waals surface area contributed by atoms with Gasteiger partial charge in [0, 0.05) is 22.3 Å². The molecule has 5 aromatic carbocycles. The molecule has 0 unspecified atom stereocenters. The number of fused-ring (bicyclic) bond motifs is 2. The summed E-state index contributed by atoms with van der Waals surface area (Å²) in [5, 5.41) is 18.9. The smallest absolute Gasteiger partial charge is 0.309 e. The number of rotatable bonds is 12. The number of esters is 2. The third-order valence-electron chi connectivity index (χ3n) is 11.6. The van der Waals surface area contributed by atoms with Gasteiger partial charge in [0.25, 0.3) is 0 Å². The van der Waals surface area contributed by atoms with Crippen LogP contribution in [-0.4, -0.2) is 30.3 Å². The van der Waals surface area contributed by atoms with Crippen molar-refractivity contribution in [3.63, 3.8) is 0 Å². The van der Waals surface area contributed by atoms with E-state index in [4.69, 9.17) is 28.9 Å². The number of nitrogens with zero attached hydrogens (tertiary/aromatic N) is 1. The van der Waals surface area contributed by atoms with Crippen LogP contribution < -0.4 is 14.2 Å². The second-order valence-electron chi connectivity index (χ2n) is 15.5. The Hall–Kier alpha value is -6.41. The molecule has 308 valence electrons. The molecule has 9 rings (SSSR count). The van der Waals surface area contributed by atoms with Gasteiger partial charge in [-0.15, -0.1) is 0 Å². The Kier molecular flexibility index (Phi) is 11.7. The van der Waals surface area contributed by atoms with Crippen LogP contribution in [-0.2, 0) is 31.9 Å². The van der Waals surface area contributed by atoms with Crippen molar-refractivity contribution in [2.75, 3.05) is 13.2 Å². The largest absolute Gasteiger partial charge is 0.508 e. The van der Waals surface area contributed by atoms with Gasteiger partial charge in [-0.1, -0.05) is 24.3 Å². The fourth-order valence-electron chi connectivity index (χ4n) is 8.41. The molecule has 0 aromatic heterocycles. The summed E-state index contributed by atoms with van der Waals surface area (Å²) in [6.07, 6.45) is 3.36. The minimum atomic E-state index is -0.404. The molecule has 5 aromatic rings. The number of hydrogen-bond acceptors (Lipinski definition) is 9. The van der Waals surface area contributed by atoms with Crippen LogP contribution >= 0.6 is 0 Å². The molecule has 0 heterocycles. The molecule has 4 aliphatic rings. The molecule has 9 nitrogen and oxygen atoms in total. The van der Waals surface area contributed by atoms with E-state index in [1.165, 1.54) is 18.2 Å². The summed E-state index contributed by atoms with van der Waals surface area (Å²) in [6.45, 7) is 4.43. The monoisotopic (exact) mass is 813 g/mol. The predicted octanol–water partition coefficient (Wildman–Crippen LogP) is 10.5. The quantitative estimate of drug-likeness (QED) is 0.123. The second-order valence-corrected chi connectivity index (χ2v) is 15.5. The first-order valence-corrected chi connectivity index (χ1v) is 20.5. The van der Waals surface area contributed by atoms with Crippen molar-refractivity contribution < 1.29 is 47.2 Å². The number of carbonyl (C=O) groups is 2. The first-order chi connectivity index (χ1) is 29.1. The van der Waals surface area contributed by atoms with Crippen LogP contribution in [0.4, 0.5) is 8.78 Å². The van der Waals surface area contributed by atoms with Gasteiger partial charge in [-0.25, -0.2) is 8.78 Å². The molecule has 4 aliphatic carbocycles. The number of halogens is 2. The highest BCUT2D eigenvalue weighted by atomic mass is 19.1. The van der Waals surface area contributed by atoms with E-state index in [1.54, 1.807) is 30.3 Å². The fraction of sp³-hybridized carbons (Fsp3) is 0.327. The maximum Gasteiger partial charge on any atom is 0.309 e. The molecule has 2 saturated carbocycles. The van der Waals surface area contributed by atoms with Crippen LogP contribution in [0.25, 0.3) is 0 Å². The van der Waals surface area contributed by atoms with E-state index >= 15 is 0 Å². The van der Waals surface area contributed by atoms with Crippen molar-refractivity contribution in [1.29, 1.82) is 5.26 Å². The van der Waals surface area contributed by atoms with E-state index in [0.717, 1.165) is 29.5 Å². The van der Waals surface area contributed by atoms with Crippen molar-refractivity contribution in [2.45, 2.75) is 76.4 Å². The lowest BCUT2D eigenvalue weighted by Crippen LogP contribution is -2.07. The summed E-state index contributed by atoms with van der Waals surface area (Å²) in [6, 6.07) is 29.9. The lowest BCUT2D eigenvalue weighted by atomic mass is 10.1. The van der Waals surface area contributed by atoms with Crippen LogP contribution in [0.15, 0.2) is 97.1 Å². The summed E-state index contributed by atoms with van der Waals surface area (Å²) >= 11 is 0. The lowest BCUT2D eigenvalue weighted by molar-refractivity contribution is -0.145. The molecule has 60 heavy (non-hydrogen) atoms. The molecule has 0 spiro atoms. The Bertz CT molecular complexity index is 2410. The Morgan fingerprint density at radius 2 is 1.12 bits per heavy atom. The molecular weight excluding hydrogens is 769 g/mol. The van der Waals surface area contributed by atoms with Crippen LogP contribution in [0, 0.1) is 34.8 Å². The van der Waals surface area contributed by atoms with Crippen molar-refractivity contribution in [2.24, 2.45) is 11.8 Å². The third-order valence-corrected chi connectivity index (χ3v) is 11.6. The molecule has 11 heteroatoms. The molecular formula is C49H45F2NO8. The van der Waals surface area contributed by atoms with Gasteiger partial charge in [0.2, 0.25) is 0 Å². The van der Waals surface area contributed by atoms with Crippen LogP contribution in [0.1, 0.15) is 103 Å². The van der Waals surface area contributed by atoms with Gasteiger partial charge in [-0.2, -0.15) is 5.26 Å². The molecule has 0 aliphatic heterocycles. The van der Waals surface area contributed by atoms with Gasteiger partial charge in [0.05, 0.1) is 36.7 Å². The first kappa shape index (κ1) is 40.4. The number of aromatic hydroxyl groups is 1. The zero-order valence-corrected chi connectivity index (χ0v) is 33.4. The summed E-state index contributed by atoms with van der Waals surface area (Å²) in [5.41, 5.74) is 5.16. The highest BCUT2D eigenvalue weighted by molar-refractivity contribution is 5.78. The number of phenolic OH excluding ortho intramolecular Hbond substituents is 1. The number of ether oxygens (including phenoxy) is 5. The average Bonchev–Trinajstić information content (AvgIpc) is 4.16. The zero-order chi connectivity index (χ0) is 41.9. The molecule has 0 radical (unpaired) electrons. The minimum Gasteiger partial charge on any atom is -0.508 e. The first-order valence-electron chi connectivity index (χ1n) is 20.5. The number of phenols is 1. The number of carbonyl (C=O) groups excluding carboxylic acids is 2. The van der Waals surface area contributed by atoms with Crippen LogP contribution in [0.2, 0.25) is 0 Å². The van der Waals surface area contributed by atoms with Crippen molar-refractivity contribution >= 4 is 11.9 Å². The van der Waals surface area contributed by atoms with E-state index in [-0.39, 0.29) is 53.0 Å². The molecule has 1 N–H and O–H groups in total. The Morgan fingerprint density at radius 1 is 0.650 bits per heavy atom. The van der Waals surface area contributed by atoms with Gasteiger partial charge in [0.15, 0.2) is 0 Å². The van der Waals surface area contributed by atoms with E-state index < -0.39 is 12.2 Å². The Balaban J connectivity index is 0.000000172. The SMILES string of the molecule is CCOC(=O)[C@H]1C[C@@H]1c1ccc(O[C@@H]2CCc3c(O)ccc(F)c32)cc1.CCOC(=O)[C@H]1C[C@@H]1c1ccc(O[C@@H]2CCc3c(Oc4ccc(C#N)cc4)ccc(F)c32)cc1. The van der Waals surface area contributed by atoms with E-state index in [1.807, 2.05) is 62.4 Å². The summed E-state index contributed by atoms with van der Waals surface area (Å²) in [5.74, 6) is 2.03. The molecule has 0 amide bonds. The highest BCUT2D eigenvalue weighted by Gasteiger charge is 2.46. The van der Waals surface area contributed by atoms with Crippen LogP contribution in [0.5, 0.6) is 28.7 Å². The van der Waals surface area contributed by atoms with Crippen molar-refractivity contribution in [3.05, 3.63) is 148 Å². The number of benzene rings is 5. The molecule has 2 fully saturated rings. The third kappa shape index (κ3) is 8.64. The average molecular weight is 814 g/mol. The highest BCUT2D eigenvalue weighted by Crippen LogP contribution is 2.50. The number of nitriles is 1. The van der Waals surface area contributed by atoms with E-state index in [2.05, 4.69) is 6.07 Å². The van der Waals surface area contributed by atoms with Crippen LogP contribution in [0.3, 0.4) is 0 Å². The van der Waals surface area contributed by atoms with Crippen molar-refractivity contribution in [1.82, 2.24) is 0 Å². The van der Waals surface area contributed by atoms with E-state index in [9.17, 15) is 23.5 Å². The lowest BCUT2D eigenvalue weighted by Gasteiger charge is -2.17. The van der Waals surface area contributed by atoms with Crippen molar-refractivity contribution in [3.8, 4) is 34.8 Å². The Morgan fingerprint density at radius 3 is 1.62 bits per heavy atom. The molecule has 6 atom stereocenters. The molecule has 0 saturated heterocycles. The Labute approximate surface area is 347 Å². The van der Waals surface area contributed by atoms with Gasteiger partial charge in [-0.3, -0.25) is 9.59 Å². The normalized spacial score (nSPS) is 21.6. The van der Waals surface area contributed by atoms with Gasteiger partial charge in [0.1, 0.15) is 52.6 Å². The second kappa shape index (κ2) is 17.4. The minimum absolute atomic E-state index is 0.0412.